The molecule has 2 fully saturated rings. The highest BCUT2D eigenvalue weighted by molar-refractivity contribution is 5.83. The molecule has 0 spiro atoms. The first-order valence-corrected chi connectivity index (χ1v) is 9.85. The average Bonchev–Trinajstić information content (AvgIpc) is 3.19. The lowest BCUT2D eigenvalue weighted by Gasteiger charge is -2.41. The van der Waals surface area contributed by atoms with Gasteiger partial charge in [0.05, 0.1) is 12.0 Å². The summed E-state index contributed by atoms with van der Waals surface area (Å²) < 4.78 is 0. The fourth-order valence-electron chi connectivity index (χ4n) is 4.38. The smallest absolute Gasteiger partial charge is 0.226 e. The Balaban J connectivity index is 1.80. The SMILES string of the molecule is C=CCNC(=O)[C@@H]1CC[C@H](c2cccc(C)c2)N(C(=O)C2CCCC2)C1. The molecule has 0 aromatic heterocycles. The summed E-state index contributed by atoms with van der Waals surface area (Å²) in [6, 6.07) is 8.53. The summed E-state index contributed by atoms with van der Waals surface area (Å²) in [5.74, 6) is 0.297. The molecule has 1 saturated carbocycles. The number of rotatable bonds is 5. The van der Waals surface area contributed by atoms with Gasteiger partial charge in [-0.25, -0.2) is 0 Å². The van der Waals surface area contributed by atoms with E-state index in [1.54, 1.807) is 6.08 Å². The number of carbonyl (C=O) groups is 2. The molecule has 1 aliphatic heterocycles. The highest BCUT2D eigenvalue weighted by Gasteiger charge is 2.38. The van der Waals surface area contributed by atoms with E-state index in [1.807, 2.05) is 4.90 Å². The molecule has 1 heterocycles. The second-order valence-corrected chi connectivity index (χ2v) is 7.71. The zero-order chi connectivity index (χ0) is 18.5. The highest BCUT2D eigenvalue weighted by Crippen LogP contribution is 2.37. The van der Waals surface area contributed by atoms with E-state index < -0.39 is 0 Å². The van der Waals surface area contributed by atoms with Gasteiger partial charge in [-0.05, 0) is 38.2 Å². The fraction of sp³-hybridized carbons (Fsp3) is 0.545. The van der Waals surface area contributed by atoms with Gasteiger partial charge >= 0.3 is 0 Å². The molecular formula is C22H30N2O2. The van der Waals surface area contributed by atoms with Crippen molar-refractivity contribution >= 4 is 11.8 Å². The lowest BCUT2D eigenvalue weighted by atomic mass is 9.86. The van der Waals surface area contributed by atoms with Gasteiger partial charge in [-0.1, -0.05) is 48.7 Å². The van der Waals surface area contributed by atoms with Crippen LogP contribution in [0.1, 0.15) is 55.7 Å². The van der Waals surface area contributed by atoms with Crippen LogP contribution in [-0.4, -0.2) is 29.8 Å². The molecule has 2 amide bonds. The maximum absolute atomic E-state index is 13.2. The number of benzene rings is 1. The molecular weight excluding hydrogens is 324 g/mol. The predicted molar refractivity (Wildman–Crippen MR) is 104 cm³/mol. The van der Waals surface area contributed by atoms with E-state index in [0.717, 1.165) is 38.5 Å². The molecule has 4 heteroatoms. The van der Waals surface area contributed by atoms with Crippen molar-refractivity contribution in [3.05, 3.63) is 48.0 Å². The monoisotopic (exact) mass is 354 g/mol. The average molecular weight is 354 g/mol. The van der Waals surface area contributed by atoms with Gasteiger partial charge in [0.15, 0.2) is 0 Å². The number of nitrogens with zero attached hydrogens (tertiary/aromatic N) is 1. The molecule has 26 heavy (non-hydrogen) atoms. The first-order chi connectivity index (χ1) is 12.6. The third-order valence-electron chi connectivity index (χ3n) is 5.79. The summed E-state index contributed by atoms with van der Waals surface area (Å²) in [4.78, 5) is 27.7. The minimum absolute atomic E-state index is 0.0387. The van der Waals surface area contributed by atoms with Gasteiger partial charge in [0.2, 0.25) is 11.8 Å². The Morgan fingerprint density at radius 1 is 1.19 bits per heavy atom. The van der Waals surface area contributed by atoms with E-state index in [4.69, 9.17) is 0 Å². The van der Waals surface area contributed by atoms with E-state index in [0.29, 0.717) is 13.1 Å². The van der Waals surface area contributed by atoms with Gasteiger partial charge in [-0.15, -0.1) is 6.58 Å². The summed E-state index contributed by atoms with van der Waals surface area (Å²) in [5, 5.41) is 2.90. The third kappa shape index (κ3) is 4.17. The van der Waals surface area contributed by atoms with E-state index in [1.165, 1.54) is 11.1 Å². The lowest BCUT2D eigenvalue weighted by Crippen LogP contribution is -2.48. The van der Waals surface area contributed by atoms with Crippen LogP contribution in [0.5, 0.6) is 0 Å². The molecule has 0 bridgehead atoms. The molecule has 2 atom stereocenters. The van der Waals surface area contributed by atoms with E-state index in [2.05, 4.69) is 43.1 Å². The van der Waals surface area contributed by atoms with Gasteiger partial charge < -0.3 is 10.2 Å². The second kappa shape index (κ2) is 8.52. The van der Waals surface area contributed by atoms with Crippen molar-refractivity contribution in [2.75, 3.05) is 13.1 Å². The zero-order valence-electron chi connectivity index (χ0n) is 15.7. The van der Waals surface area contributed by atoms with Gasteiger partial charge in [0.25, 0.3) is 0 Å². The first kappa shape index (κ1) is 18.7. The molecule has 1 aromatic rings. The van der Waals surface area contributed by atoms with Crippen LogP contribution in [0.25, 0.3) is 0 Å². The van der Waals surface area contributed by atoms with Crippen LogP contribution in [0.4, 0.5) is 0 Å². The van der Waals surface area contributed by atoms with Crippen molar-refractivity contribution in [3.63, 3.8) is 0 Å². The molecule has 1 saturated heterocycles. The van der Waals surface area contributed by atoms with E-state index in [9.17, 15) is 9.59 Å². The summed E-state index contributed by atoms with van der Waals surface area (Å²) in [6.07, 6.45) is 7.61. The molecule has 0 unspecified atom stereocenters. The maximum atomic E-state index is 13.2. The van der Waals surface area contributed by atoms with E-state index in [-0.39, 0.29) is 29.7 Å². The topological polar surface area (TPSA) is 49.4 Å². The van der Waals surface area contributed by atoms with Gasteiger partial charge in [-0.3, -0.25) is 9.59 Å². The Morgan fingerprint density at radius 3 is 2.65 bits per heavy atom. The summed E-state index contributed by atoms with van der Waals surface area (Å²) in [5.41, 5.74) is 2.41. The summed E-state index contributed by atoms with van der Waals surface area (Å²) >= 11 is 0. The van der Waals surface area contributed by atoms with Crippen LogP contribution in [0.15, 0.2) is 36.9 Å². The summed E-state index contributed by atoms with van der Waals surface area (Å²) in [7, 11) is 0. The van der Waals surface area contributed by atoms with Crippen molar-refractivity contribution in [2.24, 2.45) is 11.8 Å². The Hall–Kier alpha value is -2.10. The van der Waals surface area contributed by atoms with Crippen molar-refractivity contribution in [1.82, 2.24) is 10.2 Å². The predicted octanol–water partition coefficient (Wildman–Crippen LogP) is 3.77. The van der Waals surface area contributed by atoms with Crippen LogP contribution < -0.4 is 5.32 Å². The molecule has 1 N–H and O–H groups in total. The molecule has 4 nitrogen and oxygen atoms in total. The third-order valence-corrected chi connectivity index (χ3v) is 5.79. The number of aryl methyl sites for hydroxylation is 1. The minimum Gasteiger partial charge on any atom is -0.352 e. The molecule has 140 valence electrons. The van der Waals surface area contributed by atoms with Crippen molar-refractivity contribution in [3.8, 4) is 0 Å². The Labute approximate surface area is 156 Å². The number of hydrogen-bond acceptors (Lipinski definition) is 2. The van der Waals surface area contributed by atoms with Crippen molar-refractivity contribution in [2.45, 2.75) is 51.5 Å². The van der Waals surface area contributed by atoms with Crippen LogP contribution in [0.3, 0.4) is 0 Å². The normalized spacial score (nSPS) is 23.7. The highest BCUT2D eigenvalue weighted by atomic mass is 16.2. The summed E-state index contributed by atoms with van der Waals surface area (Å²) in [6.45, 7) is 6.74. The molecule has 0 radical (unpaired) electrons. The number of likely N-dealkylation sites (tertiary alicyclic amines) is 1. The van der Waals surface area contributed by atoms with Crippen LogP contribution in [-0.2, 0) is 9.59 Å². The number of nitrogens with one attached hydrogen (secondary N) is 1. The van der Waals surface area contributed by atoms with Gasteiger partial charge in [-0.2, -0.15) is 0 Å². The zero-order valence-corrected chi connectivity index (χ0v) is 15.7. The molecule has 1 aliphatic carbocycles. The van der Waals surface area contributed by atoms with Crippen LogP contribution in [0.2, 0.25) is 0 Å². The Kier molecular flexibility index (Phi) is 6.12. The largest absolute Gasteiger partial charge is 0.352 e. The van der Waals surface area contributed by atoms with Gasteiger partial charge in [0, 0.05) is 19.0 Å². The number of carbonyl (C=O) groups excluding carboxylic acids is 2. The second-order valence-electron chi connectivity index (χ2n) is 7.71. The number of hydrogen-bond donors (Lipinski definition) is 1. The number of amides is 2. The standard InChI is InChI=1S/C22H30N2O2/c1-3-13-23-21(25)19-11-12-20(18-10-6-7-16(2)14-18)24(15-19)22(26)17-8-4-5-9-17/h3,6-7,10,14,17,19-20H,1,4-5,8-9,11-13,15H2,2H3,(H,23,25)/t19-,20-/m1/s1. The molecule has 1 aromatic carbocycles. The first-order valence-electron chi connectivity index (χ1n) is 9.85. The van der Waals surface area contributed by atoms with Crippen molar-refractivity contribution < 1.29 is 9.59 Å². The van der Waals surface area contributed by atoms with Crippen LogP contribution >= 0.6 is 0 Å². The molecule has 3 rings (SSSR count). The minimum atomic E-state index is -0.124. The van der Waals surface area contributed by atoms with Crippen molar-refractivity contribution in [1.29, 1.82) is 0 Å². The van der Waals surface area contributed by atoms with Gasteiger partial charge in [0.1, 0.15) is 0 Å². The maximum Gasteiger partial charge on any atom is 0.226 e. The van der Waals surface area contributed by atoms with E-state index >= 15 is 0 Å². The Bertz CT molecular complexity index is 664. The lowest BCUT2D eigenvalue weighted by molar-refractivity contribution is -0.142. The van der Waals surface area contributed by atoms with Crippen LogP contribution in [0, 0.1) is 18.8 Å². The Morgan fingerprint density at radius 2 is 1.96 bits per heavy atom. The fourth-order valence-corrected chi connectivity index (χ4v) is 4.38. The number of piperidine rings is 1. The quantitative estimate of drug-likeness (QED) is 0.819. The molecule has 2 aliphatic rings.